The fraction of sp³-hybridized carbons (Fsp3) is 0.250. The minimum atomic E-state index is -0.152. The predicted molar refractivity (Wildman–Crippen MR) is 112 cm³/mol. The van der Waals surface area contributed by atoms with Crippen molar-refractivity contribution in [3.8, 4) is 0 Å². The summed E-state index contributed by atoms with van der Waals surface area (Å²) in [7, 11) is 0. The highest BCUT2D eigenvalue weighted by Crippen LogP contribution is 2.23. The average Bonchev–Trinajstić information content (AvgIpc) is 2.59. The molecule has 0 aliphatic heterocycles. The number of carbonyl (C=O) groups is 1. The Labute approximate surface area is 166 Å². The topological polar surface area (TPSA) is 64.0 Å². The molecule has 5 nitrogen and oxygen atoms in total. The van der Waals surface area contributed by atoms with Gasteiger partial charge in [-0.05, 0) is 56.7 Å². The fourth-order valence-electron chi connectivity index (χ4n) is 2.76. The number of hydrogen-bond acceptors (Lipinski definition) is 4. The Morgan fingerprint density at radius 2 is 2.04 bits per heavy atom. The summed E-state index contributed by atoms with van der Waals surface area (Å²) in [5.41, 5.74) is 2.22. The van der Waals surface area contributed by atoms with E-state index in [0.29, 0.717) is 21.1 Å². The predicted octanol–water partition coefficient (Wildman–Crippen LogP) is 4.67. The number of amides is 1. The van der Waals surface area contributed by atoms with E-state index in [1.165, 1.54) is 11.8 Å². The van der Waals surface area contributed by atoms with E-state index in [9.17, 15) is 9.59 Å². The monoisotopic (exact) mass is 401 g/mol. The van der Waals surface area contributed by atoms with Gasteiger partial charge in [-0.2, -0.15) is 0 Å². The third-order valence-electron chi connectivity index (χ3n) is 3.98. The second-order valence-electron chi connectivity index (χ2n) is 6.53. The number of aromatic nitrogens is 2. The van der Waals surface area contributed by atoms with Crippen molar-refractivity contribution in [3.63, 3.8) is 0 Å². The first kappa shape index (κ1) is 19.5. The van der Waals surface area contributed by atoms with Gasteiger partial charge in [0, 0.05) is 16.8 Å². The van der Waals surface area contributed by atoms with Crippen molar-refractivity contribution in [1.29, 1.82) is 0 Å². The van der Waals surface area contributed by atoms with Crippen molar-refractivity contribution in [1.82, 2.24) is 9.55 Å². The van der Waals surface area contributed by atoms with Crippen LogP contribution in [-0.4, -0.2) is 21.2 Å². The Kier molecular flexibility index (Phi) is 5.87. The van der Waals surface area contributed by atoms with Gasteiger partial charge < -0.3 is 5.32 Å². The van der Waals surface area contributed by atoms with E-state index in [-0.39, 0.29) is 23.3 Å². The highest BCUT2D eigenvalue weighted by atomic mass is 35.5. The van der Waals surface area contributed by atoms with Crippen LogP contribution in [-0.2, 0) is 4.79 Å². The summed E-state index contributed by atoms with van der Waals surface area (Å²) in [5.74, 6) is 0.000427. The SMILES string of the molecule is Cc1cccc(NC(=O)CSc2nc3cc(Cl)ccc3c(=O)n2C(C)C)c1. The largest absolute Gasteiger partial charge is 0.325 e. The molecule has 0 radical (unpaired) electrons. The van der Waals surface area contributed by atoms with Gasteiger partial charge in [-0.25, -0.2) is 4.98 Å². The van der Waals surface area contributed by atoms with Crippen molar-refractivity contribution < 1.29 is 4.79 Å². The number of halogens is 1. The molecular weight excluding hydrogens is 382 g/mol. The van der Waals surface area contributed by atoms with Crippen LogP contribution in [0, 0.1) is 6.92 Å². The fourth-order valence-corrected chi connectivity index (χ4v) is 3.85. The highest BCUT2D eigenvalue weighted by Gasteiger charge is 2.15. The lowest BCUT2D eigenvalue weighted by atomic mass is 10.2. The molecule has 3 rings (SSSR count). The Morgan fingerprint density at radius 3 is 2.74 bits per heavy atom. The molecule has 1 aromatic heterocycles. The van der Waals surface area contributed by atoms with Crippen LogP contribution in [0.2, 0.25) is 5.02 Å². The molecule has 0 spiro atoms. The van der Waals surface area contributed by atoms with Crippen LogP contribution in [0.1, 0.15) is 25.5 Å². The molecule has 2 aromatic carbocycles. The minimum absolute atomic E-state index is 0.0765. The quantitative estimate of drug-likeness (QED) is 0.498. The van der Waals surface area contributed by atoms with Gasteiger partial charge in [0.05, 0.1) is 16.7 Å². The first-order valence-corrected chi connectivity index (χ1v) is 9.92. The van der Waals surface area contributed by atoms with E-state index in [2.05, 4.69) is 10.3 Å². The molecule has 140 valence electrons. The number of thioether (sulfide) groups is 1. The summed E-state index contributed by atoms with van der Waals surface area (Å²) < 4.78 is 1.61. The molecule has 0 saturated carbocycles. The van der Waals surface area contributed by atoms with Crippen molar-refractivity contribution >= 4 is 45.9 Å². The third-order valence-corrected chi connectivity index (χ3v) is 5.17. The van der Waals surface area contributed by atoms with Gasteiger partial charge in [0.25, 0.3) is 5.56 Å². The second-order valence-corrected chi connectivity index (χ2v) is 7.91. The normalized spacial score (nSPS) is 11.1. The Bertz CT molecular complexity index is 1060. The van der Waals surface area contributed by atoms with E-state index in [1.807, 2.05) is 45.0 Å². The molecule has 1 amide bonds. The number of hydrogen-bond donors (Lipinski definition) is 1. The first-order chi connectivity index (χ1) is 12.8. The summed E-state index contributed by atoms with van der Waals surface area (Å²) in [6.45, 7) is 5.80. The zero-order valence-corrected chi connectivity index (χ0v) is 16.9. The molecule has 0 atom stereocenters. The van der Waals surface area contributed by atoms with Crippen molar-refractivity contribution in [2.24, 2.45) is 0 Å². The zero-order valence-electron chi connectivity index (χ0n) is 15.3. The molecule has 27 heavy (non-hydrogen) atoms. The molecule has 1 heterocycles. The van der Waals surface area contributed by atoms with Crippen LogP contribution < -0.4 is 10.9 Å². The van der Waals surface area contributed by atoms with E-state index in [4.69, 9.17) is 11.6 Å². The van der Waals surface area contributed by atoms with E-state index < -0.39 is 0 Å². The lowest BCUT2D eigenvalue weighted by Gasteiger charge is -2.16. The van der Waals surface area contributed by atoms with Crippen molar-refractivity contribution in [3.05, 3.63) is 63.4 Å². The summed E-state index contributed by atoms with van der Waals surface area (Å²) in [6.07, 6.45) is 0. The molecule has 0 aliphatic rings. The Hall–Kier alpha value is -2.31. The third kappa shape index (κ3) is 4.51. The standard InChI is InChI=1S/C20H20ClN3O2S/c1-12(2)24-19(26)16-8-7-14(21)10-17(16)23-20(24)27-11-18(25)22-15-6-4-5-13(3)9-15/h4-10,12H,11H2,1-3H3,(H,22,25). The maximum absolute atomic E-state index is 12.8. The highest BCUT2D eigenvalue weighted by molar-refractivity contribution is 7.99. The number of rotatable bonds is 5. The number of anilines is 1. The van der Waals surface area contributed by atoms with Gasteiger partial charge >= 0.3 is 0 Å². The van der Waals surface area contributed by atoms with Crippen LogP contribution in [0.3, 0.4) is 0 Å². The number of nitrogens with zero attached hydrogens (tertiary/aromatic N) is 2. The lowest BCUT2D eigenvalue weighted by molar-refractivity contribution is -0.113. The number of nitrogens with one attached hydrogen (secondary N) is 1. The maximum atomic E-state index is 12.8. The van der Waals surface area contributed by atoms with Gasteiger partial charge in [-0.15, -0.1) is 0 Å². The first-order valence-electron chi connectivity index (χ1n) is 8.56. The Morgan fingerprint density at radius 1 is 1.26 bits per heavy atom. The molecule has 0 saturated heterocycles. The smallest absolute Gasteiger partial charge is 0.262 e. The van der Waals surface area contributed by atoms with Gasteiger partial charge in [-0.3, -0.25) is 14.2 Å². The van der Waals surface area contributed by atoms with E-state index in [0.717, 1.165) is 11.3 Å². The molecule has 3 aromatic rings. The maximum Gasteiger partial charge on any atom is 0.262 e. The molecule has 0 fully saturated rings. The van der Waals surface area contributed by atoms with Crippen LogP contribution in [0.4, 0.5) is 5.69 Å². The number of benzene rings is 2. The molecule has 1 N–H and O–H groups in total. The zero-order chi connectivity index (χ0) is 19.6. The van der Waals surface area contributed by atoms with Gasteiger partial charge in [-0.1, -0.05) is 35.5 Å². The minimum Gasteiger partial charge on any atom is -0.325 e. The average molecular weight is 402 g/mol. The number of carbonyl (C=O) groups excluding carboxylic acids is 1. The lowest BCUT2D eigenvalue weighted by Crippen LogP contribution is -2.25. The van der Waals surface area contributed by atoms with Crippen LogP contribution in [0.15, 0.2) is 52.4 Å². The summed E-state index contributed by atoms with van der Waals surface area (Å²) >= 11 is 7.27. The molecular formula is C20H20ClN3O2S. The van der Waals surface area contributed by atoms with Gasteiger partial charge in [0.2, 0.25) is 5.91 Å². The Balaban J connectivity index is 1.86. The van der Waals surface area contributed by atoms with Gasteiger partial charge in [0.1, 0.15) is 0 Å². The molecule has 0 bridgehead atoms. The van der Waals surface area contributed by atoms with Crippen LogP contribution in [0.5, 0.6) is 0 Å². The molecule has 7 heteroatoms. The van der Waals surface area contributed by atoms with Crippen molar-refractivity contribution in [2.75, 3.05) is 11.1 Å². The van der Waals surface area contributed by atoms with E-state index >= 15 is 0 Å². The summed E-state index contributed by atoms with van der Waals surface area (Å²) in [6, 6.07) is 12.6. The number of fused-ring (bicyclic) bond motifs is 1. The molecule has 0 unspecified atom stereocenters. The van der Waals surface area contributed by atoms with Crippen LogP contribution >= 0.6 is 23.4 Å². The summed E-state index contributed by atoms with van der Waals surface area (Å²) in [5, 5.41) is 4.40. The number of aryl methyl sites for hydroxylation is 1. The van der Waals surface area contributed by atoms with Crippen molar-refractivity contribution in [2.45, 2.75) is 32.0 Å². The molecule has 0 aliphatic carbocycles. The second kappa shape index (κ2) is 8.15. The summed E-state index contributed by atoms with van der Waals surface area (Å²) in [4.78, 5) is 29.7. The van der Waals surface area contributed by atoms with Crippen LogP contribution in [0.25, 0.3) is 10.9 Å². The van der Waals surface area contributed by atoms with E-state index in [1.54, 1.807) is 22.8 Å². The van der Waals surface area contributed by atoms with Gasteiger partial charge in [0.15, 0.2) is 5.16 Å².